The summed E-state index contributed by atoms with van der Waals surface area (Å²) < 4.78 is 4.92. The summed E-state index contributed by atoms with van der Waals surface area (Å²) in [6.45, 7) is 2.45. The molecule has 0 spiro atoms. The fourth-order valence-electron chi connectivity index (χ4n) is 1.45. The van der Waals surface area contributed by atoms with Crippen molar-refractivity contribution in [2.45, 2.75) is 13.3 Å². The topological polar surface area (TPSA) is 82.4 Å². The normalized spacial score (nSPS) is 10.7. The Labute approximate surface area is 112 Å². The van der Waals surface area contributed by atoms with Gasteiger partial charge in [-0.2, -0.15) is 5.26 Å². The number of nitriles is 1. The van der Waals surface area contributed by atoms with Gasteiger partial charge in [-0.15, -0.1) is 0 Å². The summed E-state index contributed by atoms with van der Waals surface area (Å²) in [6, 6.07) is 6.50. The van der Waals surface area contributed by atoms with Crippen LogP contribution >= 0.6 is 0 Å². The summed E-state index contributed by atoms with van der Waals surface area (Å²) >= 11 is 0. The minimum Gasteiger partial charge on any atom is -0.504 e. The quantitative estimate of drug-likeness (QED) is 0.625. The van der Waals surface area contributed by atoms with E-state index >= 15 is 0 Å². The third-order valence-corrected chi connectivity index (χ3v) is 2.41. The van der Waals surface area contributed by atoms with Crippen molar-refractivity contribution in [3.05, 3.63) is 29.3 Å². The molecule has 0 fully saturated rings. The Kier molecular flexibility index (Phi) is 5.42. The SMILES string of the molecule is CCCNC(=O)/C(C#N)=C\c1ccc(OC)c(O)c1. The lowest BCUT2D eigenvalue weighted by Crippen LogP contribution is -2.25. The number of aromatic hydroxyl groups is 1. The first kappa shape index (κ1) is 14.6. The van der Waals surface area contributed by atoms with Crippen LogP contribution in [0.25, 0.3) is 6.08 Å². The lowest BCUT2D eigenvalue weighted by atomic mass is 10.1. The molecule has 1 aromatic rings. The van der Waals surface area contributed by atoms with Crippen LogP contribution < -0.4 is 10.1 Å². The van der Waals surface area contributed by atoms with Gasteiger partial charge >= 0.3 is 0 Å². The fourth-order valence-corrected chi connectivity index (χ4v) is 1.45. The molecule has 0 radical (unpaired) electrons. The zero-order chi connectivity index (χ0) is 14.3. The molecule has 1 rings (SSSR count). The molecule has 5 nitrogen and oxygen atoms in total. The molecule has 100 valence electrons. The van der Waals surface area contributed by atoms with E-state index in [0.29, 0.717) is 17.9 Å². The van der Waals surface area contributed by atoms with Crippen LogP contribution in [-0.4, -0.2) is 24.7 Å². The van der Waals surface area contributed by atoms with Gasteiger partial charge in [0, 0.05) is 6.54 Å². The highest BCUT2D eigenvalue weighted by Gasteiger charge is 2.08. The van der Waals surface area contributed by atoms with Gasteiger partial charge in [-0.25, -0.2) is 0 Å². The van der Waals surface area contributed by atoms with Crippen LogP contribution in [0.5, 0.6) is 11.5 Å². The van der Waals surface area contributed by atoms with Gasteiger partial charge in [-0.05, 0) is 30.2 Å². The minimum atomic E-state index is -0.417. The van der Waals surface area contributed by atoms with Crippen molar-refractivity contribution in [1.29, 1.82) is 5.26 Å². The van der Waals surface area contributed by atoms with Crippen molar-refractivity contribution in [1.82, 2.24) is 5.32 Å². The molecule has 0 heterocycles. The lowest BCUT2D eigenvalue weighted by Gasteiger charge is -2.04. The largest absolute Gasteiger partial charge is 0.504 e. The molecular formula is C14H16N2O3. The molecule has 0 aliphatic heterocycles. The average molecular weight is 260 g/mol. The number of phenols is 1. The second kappa shape index (κ2) is 7.07. The molecule has 1 amide bonds. The predicted molar refractivity (Wildman–Crippen MR) is 71.5 cm³/mol. The third kappa shape index (κ3) is 4.03. The molecule has 1 aromatic carbocycles. The Bertz CT molecular complexity index is 530. The van der Waals surface area contributed by atoms with Gasteiger partial charge in [-0.3, -0.25) is 4.79 Å². The number of ether oxygens (including phenoxy) is 1. The van der Waals surface area contributed by atoms with E-state index in [1.54, 1.807) is 12.1 Å². The smallest absolute Gasteiger partial charge is 0.261 e. The number of amides is 1. The maximum Gasteiger partial charge on any atom is 0.261 e. The molecule has 0 saturated heterocycles. The highest BCUT2D eigenvalue weighted by Crippen LogP contribution is 2.27. The Hall–Kier alpha value is -2.48. The Balaban J connectivity index is 2.95. The van der Waals surface area contributed by atoms with Crippen molar-refractivity contribution in [2.24, 2.45) is 0 Å². The third-order valence-electron chi connectivity index (χ3n) is 2.41. The summed E-state index contributed by atoms with van der Waals surface area (Å²) in [6.07, 6.45) is 2.22. The molecule has 19 heavy (non-hydrogen) atoms. The van der Waals surface area contributed by atoms with Crippen molar-refractivity contribution < 1.29 is 14.6 Å². The number of benzene rings is 1. The second-order valence-corrected chi connectivity index (χ2v) is 3.86. The number of phenolic OH excluding ortho intramolecular Hbond substituents is 1. The maximum absolute atomic E-state index is 11.7. The van der Waals surface area contributed by atoms with E-state index in [1.165, 1.54) is 19.3 Å². The second-order valence-electron chi connectivity index (χ2n) is 3.86. The monoisotopic (exact) mass is 260 g/mol. The van der Waals surface area contributed by atoms with E-state index < -0.39 is 5.91 Å². The average Bonchev–Trinajstić information content (AvgIpc) is 2.42. The number of carbonyl (C=O) groups is 1. The van der Waals surface area contributed by atoms with E-state index in [1.807, 2.05) is 13.0 Å². The first-order chi connectivity index (χ1) is 9.12. The van der Waals surface area contributed by atoms with Crippen LogP contribution in [0.1, 0.15) is 18.9 Å². The number of hydrogen-bond acceptors (Lipinski definition) is 4. The van der Waals surface area contributed by atoms with Crippen LogP contribution in [0.2, 0.25) is 0 Å². The highest BCUT2D eigenvalue weighted by molar-refractivity contribution is 6.01. The van der Waals surface area contributed by atoms with Crippen molar-refractivity contribution in [2.75, 3.05) is 13.7 Å². The number of carbonyl (C=O) groups excluding carboxylic acids is 1. The molecule has 0 aliphatic carbocycles. The van der Waals surface area contributed by atoms with E-state index in [0.717, 1.165) is 6.42 Å². The number of nitrogens with one attached hydrogen (secondary N) is 1. The first-order valence-corrected chi connectivity index (χ1v) is 5.89. The zero-order valence-corrected chi connectivity index (χ0v) is 10.9. The lowest BCUT2D eigenvalue weighted by molar-refractivity contribution is -0.117. The molecule has 0 bridgehead atoms. The van der Waals surface area contributed by atoms with E-state index in [-0.39, 0.29) is 11.3 Å². The fraction of sp³-hybridized carbons (Fsp3) is 0.286. The van der Waals surface area contributed by atoms with Crippen LogP contribution in [-0.2, 0) is 4.79 Å². The standard InChI is InChI=1S/C14H16N2O3/c1-3-6-16-14(18)11(9-15)7-10-4-5-13(19-2)12(17)8-10/h4-5,7-8,17H,3,6H2,1-2H3,(H,16,18)/b11-7-. The molecule has 0 aliphatic rings. The predicted octanol–water partition coefficient (Wildman–Crippen LogP) is 1.83. The minimum absolute atomic E-state index is 0.00184. The van der Waals surface area contributed by atoms with Crippen molar-refractivity contribution in [3.8, 4) is 17.6 Å². The van der Waals surface area contributed by atoms with Gasteiger partial charge in [0.1, 0.15) is 11.6 Å². The van der Waals surface area contributed by atoms with E-state index in [9.17, 15) is 9.90 Å². The molecular weight excluding hydrogens is 244 g/mol. The molecule has 0 atom stereocenters. The summed E-state index contributed by atoms with van der Waals surface area (Å²) in [5.74, 6) is -0.117. The van der Waals surface area contributed by atoms with Crippen LogP contribution in [0.4, 0.5) is 0 Å². The van der Waals surface area contributed by atoms with Gasteiger partial charge < -0.3 is 15.2 Å². The van der Waals surface area contributed by atoms with Crippen LogP contribution in [0.15, 0.2) is 23.8 Å². The number of nitrogens with zero attached hydrogens (tertiary/aromatic N) is 1. The first-order valence-electron chi connectivity index (χ1n) is 5.89. The van der Waals surface area contributed by atoms with Crippen LogP contribution in [0.3, 0.4) is 0 Å². The van der Waals surface area contributed by atoms with Gasteiger partial charge in [0.05, 0.1) is 7.11 Å². The number of rotatable bonds is 5. The van der Waals surface area contributed by atoms with Crippen LogP contribution in [0, 0.1) is 11.3 Å². The molecule has 2 N–H and O–H groups in total. The Morgan fingerprint density at radius 1 is 1.58 bits per heavy atom. The molecule has 0 unspecified atom stereocenters. The van der Waals surface area contributed by atoms with E-state index in [2.05, 4.69) is 5.32 Å². The number of hydrogen-bond donors (Lipinski definition) is 2. The zero-order valence-electron chi connectivity index (χ0n) is 10.9. The summed E-state index contributed by atoms with van der Waals surface area (Å²) in [5.41, 5.74) is 0.555. The van der Waals surface area contributed by atoms with Crippen molar-refractivity contribution >= 4 is 12.0 Å². The van der Waals surface area contributed by atoms with Gasteiger partial charge in [0.15, 0.2) is 11.5 Å². The molecule has 0 saturated carbocycles. The number of methoxy groups -OCH3 is 1. The summed E-state index contributed by atoms with van der Waals surface area (Å²) in [5, 5.41) is 21.2. The van der Waals surface area contributed by atoms with Gasteiger partial charge in [0.2, 0.25) is 0 Å². The Morgan fingerprint density at radius 3 is 2.84 bits per heavy atom. The van der Waals surface area contributed by atoms with E-state index in [4.69, 9.17) is 10.00 Å². The molecule has 5 heteroatoms. The Morgan fingerprint density at radius 2 is 2.32 bits per heavy atom. The van der Waals surface area contributed by atoms with Gasteiger partial charge in [-0.1, -0.05) is 13.0 Å². The van der Waals surface area contributed by atoms with Gasteiger partial charge in [0.25, 0.3) is 5.91 Å². The maximum atomic E-state index is 11.7. The summed E-state index contributed by atoms with van der Waals surface area (Å²) in [7, 11) is 1.45. The summed E-state index contributed by atoms with van der Waals surface area (Å²) in [4.78, 5) is 11.7. The molecule has 0 aromatic heterocycles. The van der Waals surface area contributed by atoms with Crippen molar-refractivity contribution in [3.63, 3.8) is 0 Å². The highest BCUT2D eigenvalue weighted by atomic mass is 16.5.